The van der Waals surface area contributed by atoms with Crippen LogP contribution in [0, 0.1) is 6.92 Å². The van der Waals surface area contributed by atoms with Gasteiger partial charge in [0.25, 0.3) is 10.0 Å². The SMILES string of the molecule is COc1ccc(OC)c(C(C)NC(=O)CN(c2cccc(Cl)c2Cl)S(=O)(=O)c2ccc(C)cc2)c1. The highest BCUT2D eigenvalue weighted by atomic mass is 35.5. The molecule has 0 saturated carbocycles. The number of aryl methyl sites for hydroxylation is 1. The van der Waals surface area contributed by atoms with E-state index in [0.29, 0.717) is 17.1 Å². The topological polar surface area (TPSA) is 84.9 Å². The highest BCUT2D eigenvalue weighted by Gasteiger charge is 2.30. The number of nitrogens with one attached hydrogen (secondary N) is 1. The van der Waals surface area contributed by atoms with Crippen LogP contribution in [0.2, 0.25) is 10.0 Å². The zero-order chi connectivity index (χ0) is 25.8. The lowest BCUT2D eigenvalue weighted by Gasteiger charge is -2.26. The van der Waals surface area contributed by atoms with Gasteiger partial charge in [0.15, 0.2) is 0 Å². The van der Waals surface area contributed by atoms with Crippen LogP contribution in [0.1, 0.15) is 24.1 Å². The molecule has 0 bridgehead atoms. The Morgan fingerprint density at radius 3 is 2.34 bits per heavy atom. The van der Waals surface area contributed by atoms with Crippen molar-refractivity contribution >= 4 is 44.8 Å². The van der Waals surface area contributed by atoms with Crippen LogP contribution in [0.5, 0.6) is 11.5 Å². The van der Waals surface area contributed by atoms with Crippen LogP contribution >= 0.6 is 23.2 Å². The lowest BCUT2D eigenvalue weighted by molar-refractivity contribution is -0.120. The number of rotatable bonds is 9. The molecule has 0 saturated heterocycles. The molecule has 1 amide bonds. The number of hydrogen-bond donors (Lipinski definition) is 1. The molecular weight excluding hydrogens is 511 g/mol. The van der Waals surface area contributed by atoms with E-state index in [1.165, 1.54) is 32.4 Å². The van der Waals surface area contributed by atoms with Crippen molar-refractivity contribution in [3.8, 4) is 11.5 Å². The third kappa shape index (κ3) is 6.01. The van der Waals surface area contributed by atoms with E-state index in [2.05, 4.69) is 5.32 Å². The van der Waals surface area contributed by atoms with E-state index in [1.807, 2.05) is 6.92 Å². The Balaban J connectivity index is 1.96. The molecule has 0 aromatic heterocycles. The number of ether oxygens (including phenoxy) is 2. The molecule has 0 aliphatic heterocycles. The Morgan fingerprint density at radius 2 is 1.71 bits per heavy atom. The first-order valence-corrected chi connectivity index (χ1v) is 12.8. The van der Waals surface area contributed by atoms with Gasteiger partial charge in [-0.1, -0.05) is 47.0 Å². The normalized spacial score (nSPS) is 12.1. The lowest BCUT2D eigenvalue weighted by Crippen LogP contribution is -2.41. The second-order valence-electron chi connectivity index (χ2n) is 7.79. The number of carbonyl (C=O) groups excluding carboxylic acids is 1. The van der Waals surface area contributed by atoms with Crippen molar-refractivity contribution in [1.29, 1.82) is 0 Å². The maximum Gasteiger partial charge on any atom is 0.264 e. The number of benzene rings is 3. The first kappa shape index (κ1) is 26.7. The summed E-state index contributed by atoms with van der Waals surface area (Å²) in [7, 11) is -1.08. The lowest BCUT2D eigenvalue weighted by atomic mass is 10.1. The van der Waals surface area contributed by atoms with E-state index in [0.717, 1.165) is 9.87 Å². The third-order valence-corrected chi connectivity index (χ3v) is 7.96. The van der Waals surface area contributed by atoms with Gasteiger partial charge in [0, 0.05) is 5.56 Å². The molecule has 35 heavy (non-hydrogen) atoms. The summed E-state index contributed by atoms with van der Waals surface area (Å²) in [4.78, 5) is 13.2. The van der Waals surface area contributed by atoms with Crippen LogP contribution < -0.4 is 19.1 Å². The molecule has 0 heterocycles. The number of nitrogens with zero attached hydrogens (tertiary/aromatic N) is 1. The molecule has 1 unspecified atom stereocenters. The number of amides is 1. The van der Waals surface area contributed by atoms with E-state index in [9.17, 15) is 13.2 Å². The fraction of sp³-hybridized carbons (Fsp3) is 0.240. The summed E-state index contributed by atoms with van der Waals surface area (Å²) in [5.41, 5.74) is 1.67. The highest BCUT2D eigenvalue weighted by Crippen LogP contribution is 2.35. The Hall–Kier alpha value is -2.94. The summed E-state index contributed by atoms with van der Waals surface area (Å²) in [5.74, 6) is 0.603. The molecule has 3 aromatic carbocycles. The van der Waals surface area contributed by atoms with Crippen LogP contribution in [0.3, 0.4) is 0 Å². The predicted octanol–water partition coefficient (Wildman–Crippen LogP) is 5.39. The molecule has 0 fully saturated rings. The van der Waals surface area contributed by atoms with E-state index < -0.39 is 28.5 Å². The average molecular weight is 537 g/mol. The third-order valence-electron chi connectivity index (χ3n) is 5.38. The average Bonchev–Trinajstić information content (AvgIpc) is 2.84. The summed E-state index contributed by atoms with van der Waals surface area (Å²) >= 11 is 12.5. The molecule has 3 rings (SSSR count). The summed E-state index contributed by atoms with van der Waals surface area (Å²) in [6.45, 7) is 3.09. The summed E-state index contributed by atoms with van der Waals surface area (Å²) in [6.07, 6.45) is 0. The zero-order valence-corrected chi connectivity index (χ0v) is 22.0. The van der Waals surface area contributed by atoms with E-state index in [4.69, 9.17) is 32.7 Å². The molecule has 0 aliphatic rings. The number of halogens is 2. The fourth-order valence-corrected chi connectivity index (χ4v) is 5.38. The molecule has 10 heteroatoms. The maximum absolute atomic E-state index is 13.6. The molecule has 0 radical (unpaired) electrons. The number of anilines is 1. The van der Waals surface area contributed by atoms with Gasteiger partial charge in [-0.25, -0.2) is 8.42 Å². The quantitative estimate of drug-likeness (QED) is 0.396. The zero-order valence-electron chi connectivity index (χ0n) is 19.7. The number of sulfonamides is 1. The van der Waals surface area contributed by atoms with E-state index >= 15 is 0 Å². The maximum atomic E-state index is 13.6. The number of methoxy groups -OCH3 is 2. The van der Waals surface area contributed by atoms with Crippen molar-refractivity contribution in [2.24, 2.45) is 0 Å². The van der Waals surface area contributed by atoms with Gasteiger partial charge in [0.2, 0.25) is 5.91 Å². The van der Waals surface area contributed by atoms with E-state index in [1.54, 1.807) is 49.4 Å². The molecular formula is C25H26Cl2N2O5S. The highest BCUT2D eigenvalue weighted by molar-refractivity contribution is 7.92. The molecule has 7 nitrogen and oxygen atoms in total. The van der Waals surface area contributed by atoms with Crippen molar-refractivity contribution in [3.05, 3.63) is 81.8 Å². The van der Waals surface area contributed by atoms with Gasteiger partial charge in [-0.15, -0.1) is 0 Å². The number of carbonyl (C=O) groups is 1. The molecule has 1 atom stereocenters. The van der Waals surface area contributed by atoms with Crippen LogP contribution in [-0.4, -0.2) is 35.1 Å². The summed E-state index contributed by atoms with van der Waals surface area (Å²) in [6, 6.07) is 15.7. The Kier molecular flexibility index (Phi) is 8.53. The van der Waals surface area contributed by atoms with Crippen molar-refractivity contribution < 1.29 is 22.7 Å². The van der Waals surface area contributed by atoms with Gasteiger partial charge in [0.05, 0.1) is 40.9 Å². The standard InChI is InChI=1S/C25H26Cl2N2O5S/c1-16-8-11-19(12-9-16)35(31,32)29(22-7-5-6-21(26)25(22)27)15-24(30)28-17(2)20-14-18(33-3)10-13-23(20)34-4/h5-14,17H,15H2,1-4H3,(H,28,30). The fourth-order valence-electron chi connectivity index (χ4n) is 3.50. The van der Waals surface area contributed by atoms with Crippen molar-refractivity contribution in [1.82, 2.24) is 5.32 Å². The second-order valence-corrected chi connectivity index (χ2v) is 10.4. The van der Waals surface area contributed by atoms with Gasteiger partial charge >= 0.3 is 0 Å². The minimum atomic E-state index is -4.14. The largest absolute Gasteiger partial charge is 0.497 e. The van der Waals surface area contributed by atoms with Crippen molar-refractivity contribution in [2.45, 2.75) is 24.8 Å². The summed E-state index contributed by atoms with van der Waals surface area (Å²) < 4.78 is 38.8. The Labute approximate surface area is 215 Å². The Morgan fingerprint density at radius 1 is 1.03 bits per heavy atom. The first-order valence-electron chi connectivity index (χ1n) is 10.6. The first-order chi connectivity index (χ1) is 16.6. The van der Waals surface area contributed by atoms with Crippen molar-refractivity contribution in [3.63, 3.8) is 0 Å². The molecule has 1 N–H and O–H groups in total. The van der Waals surface area contributed by atoms with E-state index in [-0.39, 0.29) is 20.6 Å². The predicted molar refractivity (Wildman–Crippen MR) is 138 cm³/mol. The van der Waals surface area contributed by atoms with Gasteiger partial charge in [0.1, 0.15) is 18.0 Å². The van der Waals surface area contributed by atoms with Crippen LogP contribution in [0.4, 0.5) is 5.69 Å². The van der Waals surface area contributed by atoms with Gasteiger partial charge in [-0.2, -0.15) is 0 Å². The van der Waals surface area contributed by atoms with Crippen LogP contribution in [0.15, 0.2) is 65.6 Å². The molecule has 0 aliphatic carbocycles. The van der Waals surface area contributed by atoms with Gasteiger partial charge in [-0.3, -0.25) is 9.10 Å². The monoisotopic (exact) mass is 536 g/mol. The summed E-state index contributed by atoms with van der Waals surface area (Å²) in [5, 5.41) is 3.03. The van der Waals surface area contributed by atoms with Gasteiger partial charge in [-0.05, 0) is 56.3 Å². The van der Waals surface area contributed by atoms with Gasteiger partial charge < -0.3 is 14.8 Å². The van der Waals surface area contributed by atoms with Crippen LogP contribution in [-0.2, 0) is 14.8 Å². The molecule has 0 spiro atoms. The number of hydrogen-bond acceptors (Lipinski definition) is 5. The Bertz CT molecular complexity index is 1310. The molecule has 186 valence electrons. The smallest absolute Gasteiger partial charge is 0.264 e. The second kappa shape index (κ2) is 11.2. The van der Waals surface area contributed by atoms with Crippen molar-refractivity contribution in [2.75, 3.05) is 25.1 Å². The minimum Gasteiger partial charge on any atom is -0.497 e. The van der Waals surface area contributed by atoms with Crippen LogP contribution in [0.25, 0.3) is 0 Å². The minimum absolute atomic E-state index is 0.0226. The molecule has 3 aromatic rings.